The second kappa shape index (κ2) is 9.61. The third-order valence-electron chi connectivity index (χ3n) is 5.65. The van der Waals surface area contributed by atoms with Gasteiger partial charge in [-0.3, -0.25) is 14.6 Å². The van der Waals surface area contributed by atoms with Gasteiger partial charge in [0.2, 0.25) is 0 Å². The van der Waals surface area contributed by atoms with Crippen LogP contribution >= 0.6 is 22.9 Å². The summed E-state index contributed by atoms with van der Waals surface area (Å²) in [6.07, 6.45) is 0.737. The van der Waals surface area contributed by atoms with Gasteiger partial charge < -0.3 is 9.15 Å². The summed E-state index contributed by atoms with van der Waals surface area (Å²) in [6, 6.07) is 14.2. The van der Waals surface area contributed by atoms with Crippen LogP contribution in [0, 0.1) is 0 Å². The van der Waals surface area contributed by atoms with Gasteiger partial charge in [-0.15, -0.1) is 0 Å². The van der Waals surface area contributed by atoms with Crippen LogP contribution in [0.3, 0.4) is 0 Å². The van der Waals surface area contributed by atoms with E-state index >= 15 is 0 Å². The van der Waals surface area contributed by atoms with Crippen molar-refractivity contribution in [3.05, 3.63) is 69.5 Å². The molecule has 33 heavy (non-hydrogen) atoms. The predicted octanol–water partition coefficient (Wildman–Crippen LogP) is 4.43. The van der Waals surface area contributed by atoms with Crippen LogP contribution in [-0.4, -0.2) is 55.2 Å². The zero-order chi connectivity index (χ0) is 22.8. The van der Waals surface area contributed by atoms with Gasteiger partial charge in [-0.2, -0.15) is 0 Å². The number of para-hydroxylation sites is 1. The molecule has 4 aromatic rings. The molecule has 170 valence electrons. The second-order valence-corrected chi connectivity index (χ2v) is 9.30. The van der Waals surface area contributed by atoms with Crippen LogP contribution in [-0.2, 0) is 4.74 Å². The van der Waals surface area contributed by atoms with E-state index in [0.29, 0.717) is 27.7 Å². The highest BCUT2D eigenvalue weighted by Crippen LogP contribution is 2.31. The largest absolute Gasteiger partial charge is 0.422 e. The van der Waals surface area contributed by atoms with Crippen molar-refractivity contribution in [2.75, 3.05) is 44.3 Å². The minimum atomic E-state index is -0.652. The van der Waals surface area contributed by atoms with Crippen molar-refractivity contribution in [3.63, 3.8) is 0 Å². The van der Waals surface area contributed by atoms with Crippen LogP contribution in [0.4, 0.5) is 5.13 Å². The molecule has 1 saturated heterocycles. The van der Waals surface area contributed by atoms with Gasteiger partial charge in [-0.05, 0) is 36.8 Å². The number of hydrogen-bond acceptors (Lipinski definition) is 7. The Balaban J connectivity index is 1.47. The van der Waals surface area contributed by atoms with Crippen LogP contribution in [0.1, 0.15) is 16.8 Å². The fourth-order valence-corrected chi connectivity index (χ4v) is 5.19. The van der Waals surface area contributed by atoms with Crippen LogP contribution in [0.25, 0.3) is 21.2 Å². The molecule has 1 aliphatic heterocycles. The number of amides is 1. The number of morpholine rings is 1. The molecule has 0 unspecified atom stereocenters. The topological polar surface area (TPSA) is 75.9 Å². The molecular formula is C24H22ClN3O4S. The summed E-state index contributed by atoms with van der Waals surface area (Å²) in [6.45, 7) is 4.45. The lowest BCUT2D eigenvalue weighted by molar-refractivity contribution is 0.0376. The lowest BCUT2D eigenvalue weighted by Crippen LogP contribution is -2.40. The lowest BCUT2D eigenvalue weighted by atomic mass is 10.1. The summed E-state index contributed by atoms with van der Waals surface area (Å²) in [5, 5.41) is 1.84. The highest BCUT2D eigenvalue weighted by Gasteiger charge is 2.25. The van der Waals surface area contributed by atoms with E-state index < -0.39 is 11.5 Å². The number of ether oxygens (including phenoxy) is 1. The highest BCUT2D eigenvalue weighted by molar-refractivity contribution is 7.22. The van der Waals surface area contributed by atoms with Crippen LogP contribution < -0.4 is 10.5 Å². The van der Waals surface area contributed by atoms with E-state index in [0.717, 1.165) is 49.5 Å². The maximum atomic E-state index is 13.6. The number of halogens is 1. The monoisotopic (exact) mass is 483 g/mol. The highest BCUT2D eigenvalue weighted by atomic mass is 35.5. The van der Waals surface area contributed by atoms with Gasteiger partial charge in [0, 0.05) is 36.6 Å². The Morgan fingerprint density at radius 3 is 2.82 bits per heavy atom. The molecule has 1 aliphatic rings. The summed E-state index contributed by atoms with van der Waals surface area (Å²) in [5.41, 5.74) is 0.557. The molecule has 7 nitrogen and oxygen atoms in total. The number of aromatic nitrogens is 1. The smallest absolute Gasteiger partial charge is 0.349 e. The molecule has 3 heterocycles. The summed E-state index contributed by atoms with van der Waals surface area (Å²) in [5.74, 6) is -0.415. The van der Waals surface area contributed by atoms with E-state index in [1.165, 1.54) is 11.3 Å². The molecule has 1 amide bonds. The fraction of sp³-hybridized carbons (Fsp3) is 0.292. The first kappa shape index (κ1) is 22.0. The molecule has 5 rings (SSSR count). The Morgan fingerprint density at radius 1 is 1.15 bits per heavy atom. The zero-order valence-corrected chi connectivity index (χ0v) is 19.4. The van der Waals surface area contributed by atoms with Crippen molar-refractivity contribution < 1.29 is 13.9 Å². The van der Waals surface area contributed by atoms with Gasteiger partial charge in [-0.1, -0.05) is 41.1 Å². The molecule has 9 heteroatoms. The van der Waals surface area contributed by atoms with E-state index in [2.05, 4.69) is 9.88 Å². The van der Waals surface area contributed by atoms with Gasteiger partial charge >= 0.3 is 5.63 Å². The summed E-state index contributed by atoms with van der Waals surface area (Å²) < 4.78 is 11.7. The number of hydrogen-bond donors (Lipinski definition) is 0. The Hall–Kier alpha value is -2.78. The Kier molecular flexibility index (Phi) is 6.41. The van der Waals surface area contributed by atoms with E-state index in [-0.39, 0.29) is 5.56 Å². The van der Waals surface area contributed by atoms with Crippen LogP contribution in [0.15, 0.2) is 57.7 Å². The van der Waals surface area contributed by atoms with E-state index in [1.54, 1.807) is 29.2 Å². The van der Waals surface area contributed by atoms with Gasteiger partial charge in [-0.25, -0.2) is 9.78 Å². The molecular weight excluding hydrogens is 462 g/mol. The summed E-state index contributed by atoms with van der Waals surface area (Å²) in [4.78, 5) is 34.8. The third-order valence-corrected chi connectivity index (χ3v) is 6.92. The van der Waals surface area contributed by atoms with Crippen molar-refractivity contribution in [1.82, 2.24) is 9.88 Å². The zero-order valence-electron chi connectivity index (χ0n) is 17.8. The average molecular weight is 484 g/mol. The Labute approximate surface area is 199 Å². The summed E-state index contributed by atoms with van der Waals surface area (Å²) in [7, 11) is 0. The molecule has 2 aromatic heterocycles. The number of carbonyl (C=O) groups excluding carboxylic acids is 1. The standard InChI is InChI=1S/C24H22ClN3O4S/c25-17-6-7-19-21(15-17)33-24(26-19)28(9-3-8-27-10-12-31-13-11-27)22(29)18-14-16-4-1-2-5-20(16)32-23(18)30/h1-2,4-7,14-15H,3,8-13H2. The second-order valence-electron chi connectivity index (χ2n) is 7.86. The first-order valence-corrected chi connectivity index (χ1v) is 12.0. The number of benzene rings is 2. The molecule has 1 fully saturated rings. The first-order chi connectivity index (χ1) is 16.1. The average Bonchev–Trinajstić information content (AvgIpc) is 3.24. The lowest BCUT2D eigenvalue weighted by Gasteiger charge is -2.27. The van der Waals surface area contributed by atoms with Crippen molar-refractivity contribution in [2.45, 2.75) is 6.42 Å². The molecule has 0 saturated carbocycles. The maximum absolute atomic E-state index is 13.6. The Bertz CT molecular complexity index is 1360. The molecule has 0 bridgehead atoms. The number of thiazole rings is 1. The first-order valence-electron chi connectivity index (χ1n) is 10.8. The molecule has 2 aromatic carbocycles. The molecule has 0 atom stereocenters. The van der Waals surface area contributed by atoms with Crippen molar-refractivity contribution in [1.29, 1.82) is 0 Å². The van der Waals surface area contributed by atoms with Gasteiger partial charge in [0.05, 0.1) is 23.4 Å². The molecule has 0 aliphatic carbocycles. The number of carbonyl (C=O) groups is 1. The van der Waals surface area contributed by atoms with E-state index in [1.807, 2.05) is 24.3 Å². The summed E-state index contributed by atoms with van der Waals surface area (Å²) >= 11 is 7.52. The van der Waals surface area contributed by atoms with Crippen molar-refractivity contribution in [3.8, 4) is 0 Å². The predicted molar refractivity (Wildman–Crippen MR) is 131 cm³/mol. The van der Waals surface area contributed by atoms with E-state index in [4.69, 9.17) is 20.8 Å². The van der Waals surface area contributed by atoms with Gasteiger partial charge in [0.1, 0.15) is 11.1 Å². The number of anilines is 1. The van der Waals surface area contributed by atoms with Crippen molar-refractivity contribution in [2.24, 2.45) is 0 Å². The molecule has 0 spiro atoms. The number of rotatable bonds is 6. The Morgan fingerprint density at radius 2 is 1.97 bits per heavy atom. The minimum Gasteiger partial charge on any atom is -0.422 e. The molecule has 0 N–H and O–H groups in total. The van der Waals surface area contributed by atoms with Gasteiger partial charge in [0.15, 0.2) is 5.13 Å². The van der Waals surface area contributed by atoms with E-state index in [9.17, 15) is 9.59 Å². The van der Waals surface area contributed by atoms with Crippen LogP contribution in [0.2, 0.25) is 5.02 Å². The SMILES string of the molecule is O=C(c1cc2ccccc2oc1=O)N(CCCN1CCOCC1)c1nc2ccc(Cl)cc2s1. The normalized spacial score (nSPS) is 14.7. The molecule has 0 radical (unpaired) electrons. The quantitative estimate of drug-likeness (QED) is 0.378. The number of fused-ring (bicyclic) bond motifs is 2. The van der Waals surface area contributed by atoms with Gasteiger partial charge in [0.25, 0.3) is 5.91 Å². The maximum Gasteiger partial charge on any atom is 0.349 e. The van der Waals surface area contributed by atoms with Crippen molar-refractivity contribution >= 4 is 55.2 Å². The number of nitrogens with zero attached hydrogens (tertiary/aromatic N) is 3. The minimum absolute atomic E-state index is 0.00244. The third kappa shape index (κ3) is 4.79. The fourth-order valence-electron chi connectivity index (χ4n) is 3.92. The van der Waals surface area contributed by atoms with Crippen LogP contribution in [0.5, 0.6) is 0 Å².